The monoisotopic (exact) mass is 193 g/mol. The van der Waals surface area contributed by atoms with Crippen LogP contribution < -0.4 is 10.2 Å². The predicted molar refractivity (Wildman–Crippen MR) is 55.9 cm³/mol. The van der Waals surface area contributed by atoms with Crippen molar-refractivity contribution in [3.63, 3.8) is 0 Å². The molecule has 0 bridgehead atoms. The first-order valence-electron chi connectivity index (χ1n) is 4.84. The summed E-state index contributed by atoms with van der Waals surface area (Å²) in [4.78, 5) is 2.23. The molecular weight excluding hydrogens is 179 g/mol. The van der Waals surface area contributed by atoms with Gasteiger partial charge in [-0.05, 0) is 30.7 Å². The Bertz CT molecular complexity index is 319. The topological polar surface area (TPSA) is 15.3 Å². The van der Waals surface area contributed by atoms with Crippen LogP contribution in [-0.4, -0.2) is 26.2 Å². The lowest BCUT2D eigenvalue weighted by molar-refractivity contribution is 0.587. The molecule has 75 valence electrons. The van der Waals surface area contributed by atoms with Crippen molar-refractivity contribution in [2.24, 2.45) is 0 Å². The molecule has 0 aromatic heterocycles. The van der Waals surface area contributed by atoms with E-state index in [1.165, 1.54) is 12.1 Å². The zero-order valence-electron chi connectivity index (χ0n) is 8.09. The number of piperazine rings is 1. The molecule has 1 fully saturated rings. The molecular formula is C11H14FN2. The molecule has 2 rings (SSSR count). The first kappa shape index (κ1) is 9.46. The summed E-state index contributed by atoms with van der Waals surface area (Å²) in [6.45, 7) is 7.75. The lowest BCUT2D eigenvalue weighted by Crippen LogP contribution is -2.43. The average Bonchev–Trinajstić information content (AvgIpc) is 2.19. The molecule has 0 amide bonds. The summed E-state index contributed by atoms with van der Waals surface area (Å²) in [6, 6.07) is 4.78. The van der Waals surface area contributed by atoms with Gasteiger partial charge in [0, 0.05) is 31.9 Å². The van der Waals surface area contributed by atoms with Crippen molar-refractivity contribution in [1.29, 1.82) is 0 Å². The van der Waals surface area contributed by atoms with Crippen LogP contribution >= 0.6 is 0 Å². The Morgan fingerprint density at radius 3 is 2.64 bits per heavy atom. The van der Waals surface area contributed by atoms with Crippen LogP contribution in [0, 0.1) is 12.7 Å². The van der Waals surface area contributed by atoms with Gasteiger partial charge in [0.1, 0.15) is 5.82 Å². The Morgan fingerprint density at radius 2 is 2.00 bits per heavy atom. The molecule has 1 aliphatic heterocycles. The van der Waals surface area contributed by atoms with Gasteiger partial charge in [-0.25, -0.2) is 4.39 Å². The Kier molecular flexibility index (Phi) is 2.68. The van der Waals surface area contributed by atoms with Crippen LogP contribution in [0.3, 0.4) is 0 Å². The highest BCUT2D eigenvalue weighted by Gasteiger charge is 2.12. The second kappa shape index (κ2) is 3.96. The van der Waals surface area contributed by atoms with E-state index in [1.54, 1.807) is 0 Å². The van der Waals surface area contributed by atoms with Gasteiger partial charge in [-0.3, -0.25) is 0 Å². The number of hydrogen-bond acceptors (Lipinski definition) is 2. The zero-order valence-corrected chi connectivity index (χ0v) is 8.09. The van der Waals surface area contributed by atoms with Gasteiger partial charge in [0.2, 0.25) is 0 Å². The number of benzene rings is 1. The highest BCUT2D eigenvalue weighted by atomic mass is 19.1. The van der Waals surface area contributed by atoms with Crippen LogP contribution in [0.5, 0.6) is 0 Å². The van der Waals surface area contributed by atoms with Gasteiger partial charge < -0.3 is 10.2 Å². The van der Waals surface area contributed by atoms with Gasteiger partial charge in [-0.1, -0.05) is 0 Å². The Morgan fingerprint density at radius 1 is 1.29 bits per heavy atom. The molecule has 1 aromatic rings. The molecule has 0 saturated carbocycles. The quantitative estimate of drug-likeness (QED) is 0.725. The minimum atomic E-state index is -0.214. The highest BCUT2D eigenvalue weighted by Crippen LogP contribution is 2.20. The Balaban J connectivity index is 2.22. The van der Waals surface area contributed by atoms with E-state index in [9.17, 15) is 4.39 Å². The average molecular weight is 193 g/mol. The maximum Gasteiger partial charge on any atom is 0.123 e. The minimum Gasteiger partial charge on any atom is -0.369 e. The lowest BCUT2D eigenvalue weighted by atomic mass is 10.1. The smallest absolute Gasteiger partial charge is 0.123 e. The summed E-state index contributed by atoms with van der Waals surface area (Å²) < 4.78 is 12.8. The SMILES string of the molecule is [CH2]c1cc(F)ccc1N1CCNCC1. The Labute approximate surface area is 83.7 Å². The number of anilines is 1. The molecule has 2 nitrogen and oxygen atoms in total. The summed E-state index contributed by atoms with van der Waals surface area (Å²) >= 11 is 0. The van der Waals surface area contributed by atoms with Gasteiger partial charge in [0.25, 0.3) is 0 Å². The molecule has 1 heterocycles. The van der Waals surface area contributed by atoms with Crippen LogP contribution in [0.1, 0.15) is 5.56 Å². The summed E-state index contributed by atoms with van der Waals surface area (Å²) in [7, 11) is 0. The van der Waals surface area contributed by atoms with Gasteiger partial charge in [-0.2, -0.15) is 0 Å². The Hall–Kier alpha value is -1.09. The summed E-state index contributed by atoms with van der Waals surface area (Å²) in [5.41, 5.74) is 1.82. The molecule has 0 atom stereocenters. The van der Waals surface area contributed by atoms with E-state index in [0.717, 1.165) is 37.4 Å². The molecule has 3 heteroatoms. The molecule has 0 unspecified atom stereocenters. The summed E-state index contributed by atoms with van der Waals surface area (Å²) in [5, 5.41) is 3.28. The maximum absolute atomic E-state index is 12.8. The molecule has 1 aliphatic rings. The van der Waals surface area contributed by atoms with Crippen molar-refractivity contribution in [3.05, 3.63) is 36.5 Å². The van der Waals surface area contributed by atoms with Crippen molar-refractivity contribution >= 4 is 5.69 Å². The molecule has 1 N–H and O–H groups in total. The standard InChI is InChI=1S/C11H14FN2/c1-9-8-10(12)2-3-11(9)14-6-4-13-5-7-14/h2-3,8,13H,1,4-7H2. The normalized spacial score (nSPS) is 17.1. The molecule has 0 spiro atoms. The zero-order chi connectivity index (χ0) is 9.97. The third kappa shape index (κ3) is 1.87. The first-order valence-corrected chi connectivity index (χ1v) is 4.84. The van der Waals surface area contributed by atoms with E-state index in [4.69, 9.17) is 0 Å². The minimum absolute atomic E-state index is 0.214. The lowest BCUT2D eigenvalue weighted by Gasteiger charge is -2.30. The fraction of sp³-hybridized carbons (Fsp3) is 0.364. The van der Waals surface area contributed by atoms with E-state index >= 15 is 0 Å². The second-order valence-electron chi connectivity index (χ2n) is 3.51. The predicted octanol–water partition coefficient (Wildman–Crippen LogP) is 1.42. The summed E-state index contributed by atoms with van der Waals surface area (Å²) in [6.07, 6.45) is 0. The number of hydrogen-bond donors (Lipinski definition) is 1. The van der Waals surface area contributed by atoms with Crippen LogP contribution in [-0.2, 0) is 0 Å². The molecule has 1 saturated heterocycles. The number of rotatable bonds is 1. The molecule has 1 aromatic carbocycles. The third-order valence-electron chi connectivity index (χ3n) is 2.50. The van der Waals surface area contributed by atoms with Crippen molar-refractivity contribution < 1.29 is 4.39 Å². The third-order valence-corrected chi connectivity index (χ3v) is 2.50. The van der Waals surface area contributed by atoms with Crippen molar-refractivity contribution in [2.45, 2.75) is 0 Å². The highest BCUT2D eigenvalue weighted by molar-refractivity contribution is 5.55. The van der Waals surface area contributed by atoms with Crippen LogP contribution in [0.25, 0.3) is 0 Å². The summed E-state index contributed by atoms with van der Waals surface area (Å²) in [5.74, 6) is -0.214. The van der Waals surface area contributed by atoms with Crippen LogP contribution in [0.2, 0.25) is 0 Å². The first-order chi connectivity index (χ1) is 6.77. The van der Waals surface area contributed by atoms with Crippen molar-refractivity contribution in [3.8, 4) is 0 Å². The van der Waals surface area contributed by atoms with E-state index in [1.807, 2.05) is 6.07 Å². The van der Waals surface area contributed by atoms with E-state index < -0.39 is 0 Å². The van der Waals surface area contributed by atoms with E-state index in [2.05, 4.69) is 17.1 Å². The number of nitrogens with one attached hydrogen (secondary N) is 1. The second-order valence-corrected chi connectivity index (χ2v) is 3.51. The molecule has 0 aliphatic carbocycles. The van der Waals surface area contributed by atoms with Crippen LogP contribution in [0.15, 0.2) is 18.2 Å². The fourth-order valence-electron chi connectivity index (χ4n) is 1.77. The van der Waals surface area contributed by atoms with Crippen molar-refractivity contribution in [1.82, 2.24) is 5.32 Å². The van der Waals surface area contributed by atoms with E-state index in [0.29, 0.717) is 0 Å². The molecule has 14 heavy (non-hydrogen) atoms. The van der Waals surface area contributed by atoms with Gasteiger partial charge in [0.05, 0.1) is 0 Å². The molecule has 1 radical (unpaired) electrons. The fourth-order valence-corrected chi connectivity index (χ4v) is 1.77. The van der Waals surface area contributed by atoms with Gasteiger partial charge >= 0.3 is 0 Å². The van der Waals surface area contributed by atoms with Gasteiger partial charge in [0.15, 0.2) is 0 Å². The van der Waals surface area contributed by atoms with Crippen LogP contribution in [0.4, 0.5) is 10.1 Å². The largest absolute Gasteiger partial charge is 0.369 e. The van der Waals surface area contributed by atoms with E-state index in [-0.39, 0.29) is 5.82 Å². The van der Waals surface area contributed by atoms with Gasteiger partial charge in [-0.15, -0.1) is 0 Å². The number of halogens is 1. The number of nitrogens with zero attached hydrogens (tertiary/aromatic N) is 1. The van der Waals surface area contributed by atoms with Crippen molar-refractivity contribution in [2.75, 3.05) is 31.1 Å². The maximum atomic E-state index is 12.8.